The van der Waals surface area contributed by atoms with Crippen molar-refractivity contribution in [3.63, 3.8) is 0 Å². The van der Waals surface area contributed by atoms with Gasteiger partial charge in [0.2, 0.25) is 11.8 Å². The number of thioether (sulfide) groups is 1. The number of hydrogen-bond acceptors (Lipinski definition) is 5. The SMILES string of the molecule is O=C(NCCSc1ncn[nH]1)C1CC(=O)N(c2cccc(Cl)c2)C1. The summed E-state index contributed by atoms with van der Waals surface area (Å²) in [4.78, 5) is 30.0. The molecule has 3 rings (SSSR count). The minimum Gasteiger partial charge on any atom is -0.355 e. The summed E-state index contributed by atoms with van der Waals surface area (Å²) in [5, 5.41) is 10.6. The Morgan fingerprint density at radius 1 is 1.50 bits per heavy atom. The maximum absolute atomic E-state index is 12.2. The lowest BCUT2D eigenvalue weighted by atomic mass is 10.1. The highest BCUT2D eigenvalue weighted by molar-refractivity contribution is 7.99. The third-order valence-electron chi connectivity index (χ3n) is 3.65. The van der Waals surface area contributed by atoms with E-state index in [1.165, 1.54) is 18.1 Å². The molecule has 1 unspecified atom stereocenters. The number of carbonyl (C=O) groups excluding carboxylic acids is 2. The largest absolute Gasteiger partial charge is 0.355 e. The van der Waals surface area contributed by atoms with Gasteiger partial charge in [0.05, 0.1) is 5.92 Å². The molecule has 0 bridgehead atoms. The average molecular weight is 366 g/mol. The van der Waals surface area contributed by atoms with Crippen molar-refractivity contribution in [3.8, 4) is 0 Å². The molecule has 2 N–H and O–H groups in total. The van der Waals surface area contributed by atoms with Crippen LogP contribution in [0.3, 0.4) is 0 Å². The summed E-state index contributed by atoms with van der Waals surface area (Å²) in [6.45, 7) is 0.881. The second-order valence-corrected chi connectivity index (χ2v) is 6.84. The van der Waals surface area contributed by atoms with E-state index in [-0.39, 0.29) is 24.2 Å². The molecule has 24 heavy (non-hydrogen) atoms. The van der Waals surface area contributed by atoms with Crippen molar-refractivity contribution < 1.29 is 9.59 Å². The molecule has 1 aromatic carbocycles. The van der Waals surface area contributed by atoms with Gasteiger partial charge in [-0.1, -0.05) is 29.4 Å². The molecule has 2 aromatic rings. The first kappa shape index (κ1) is 16.8. The third-order valence-corrected chi connectivity index (χ3v) is 4.76. The Labute approximate surface area is 148 Å². The number of halogens is 1. The summed E-state index contributed by atoms with van der Waals surface area (Å²) in [5.41, 5.74) is 0.726. The maximum atomic E-state index is 12.2. The molecular weight excluding hydrogens is 350 g/mol. The molecule has 1 saturated heterocycles. The first-order valence-corrected chi connectivity index (χ1v) is 8.81. The Balaban J connectivity index is 1.48. The lowest BCUT2D eigenvalue weighted by molar-refractivity contribution is -0.126. The third kappa shape index (κ3) is 4.07. The Morgan fingerprint density at radius 3 is 3.12 bits per heavy atom. The molecule has 126 valence electrons. The Hall–Kier alpha value is -2.06. The molecule has 2 heterocycles. The van der Waals surface area contributed by atoms with Crippen molar-refractivity contribution in [1.29, 1.82) is 0 Å². The van der Waals surface area contributed by atoms with Gasteiger partial charge in [-0.25, -0.2) is 4.98 Å². The highest BCUT2D eigenvalue weighted by Gasteiger charge is 2.34. The summed E-state index contributed by atoms with van der Waals surface area (Å²) in [6.07, 6.45) is 1.66. The number of aromatic nitrogens is 3. The molecule has 9 heteroatoms. The molecule has 0 radical (unpaired) electrons. The number of carbonyl (C=O) groups is 2. The molecule has 1 aromatic heterocycles. The quantitative estimate of drug-likeness (QED) is 0.600. The molecule has 1 aliphatic rings. The number of anilines is 1. The predicted molar refractivity (Wildman–Crippen MR) is 92.0 cm³/mol. The van der Waals surface area contributed by atoms with Crippen LogP contribution in [-0.2, 0) is 9.59 Å². The van der Waals surface area contributed by atoms with Gasteiger partial charge < -0.3 is 10.2 Å². The van der Waals surface area contributed by atoms with E-state index in [0.717, 1.165) is 5.69 Å². The zero-order chi connectivity index (χ0) is 16.9. The summed E-state index contributed by atoms with van der Waals surface area (Å²) in [6, 6.07) is 7.09. The van der Waals surface area contributed by atoms with Gasteiger partial charge in [0.25, 0.3) is 0 Å². The van der Waals surface area contributed by atoms with E-state index in [9.17, 15) is 9.59 Å². The van der Waals surface area contributed by atoms with Gasteiger partial charge in [-0.05, 0) is 18.2 Å². The van der Waals surface area contributed by atoms with Gasteiger partial charge in [-0.2, -0.15) is 5.10 Å². The zero-order valence-corrected chi connectivity index (χ0v) is 14.3. The van der Waals surface area contributed by atoms with Crippen LogP contribution in [0.25, 0.3) is 0 Å². The van der Waals surface area contributed by atoms with Gasteiger partial charge in [0, 0.05) is 36.0 Å². The summed E-state index contributed by atoms with van der Waals surface area (Å²) >= 11 is 7.44. The summed E-state index contributed by atoms with van der Waals surface area (Å²) in [5.74, 6) is 0.172. The van der Waals surface area contributed by atoms with Gasteiger partial charge in [0.15, 0.2) is 5.16 Å². The smallest absolute Gasteiger partial charge is 0.227 e. The average Bonchev–Trinajstić information content (AvgIpc) is 3.21. The fourth-order valence-electron chi connectivity index (χ4n) is 2.51. The molecule has 0 saturated carbocycles. The molecule has 0 spiro atoms. The summed E-state index contributed by atoms with van der Waals surface area (Å²) < 4.78 is 0. The van der Waals surface area contributed by atoms with Crippen molar-refractivity contribution in [2.24, 2.45) is 5.92 Å². The number of rotatable bonds is 6. The summed E-state index contributed by atoms with van der Waals surface area (Å²) in [7, 11) is 0. The highest BCUT2D eigenvalue weighted by atomic mass is 35.5. The number of amides is 2. The highest BCUT2D eigenvalue weighted by Crippen LogP contribution is 2.27. The van der Waals surface area contributed by atoms with E-state index in [4.69, 9.17) is 11.6 Å². The van der Waals surface area contributed by atoms with Crippen LogP contribution < -0.4 is 10.2 Å². The number of nitrogens with one attached hydrogen (secondary N) is 2. The van der Waals surface area contributed by atoms with Gasteiger partial charge in [0.1, 0.15) is 6.33 Å². The van der Waals surface area contributed by atoms with E-state index >= 15 is 0 Å². The standard InChI is InChI=1S/C15H16ClN5O2S/c16-11-2-1-3-12(7-11)21-8-10(6-13(21)22)14(23)17-4-5-24-15-18-9-19-20-15/h1-3,7,9-10H,4-6,8H2,(H,17,23)(H,18,19,20). The van der Waals surface area contributed by atoms with E-state index in [2.05, 4.69) is 20.5 Å². The second-order valence-electron chi connectivity index (χ2n) is 5.32. The minimum atomic E-state index is -0.341. The van der Waals surface area contributed by atoms with Crippen LogP contribution in [0.15, 0.2) is 35.7 Å². The lowest BCUT2D eigenvalue weighted by Crippen LogP contribution is -2.34. The number of hydrogen-bond donors (Lipinski definition) is 2. The molecular formula is C15H16ClN5O2S. The van der Waals surface area contributed by atoms with Crippen LogP contribution in [0.5, 0.6) is 0 Å². The van der Waals surface area contributed by atoms with Gasteiger partial charge >= 0.3 is 0 Å². The number of H-pyrrole nitrogens is 1. The molecule has 0 aliphatic carbocycles. The monoisotopic (exact) mass is 365 g/mol. The first-order valence-electron chi connectivity index (χ1n) is 7.45. The predicted octanol–water partition coefficient (Wildman–Crippen LogP) is 1.72. The van der Waals surface area contributed by atoms with Crippen LogP contribution in [0.2, 0.25) is 5.02 Å². The molecule has 7 nitrogen and oxygen atoms in total. The maximum Gasteiger partial charge on any atom is 0.227 e. The molecule has 1 fully saturated rings. The van der Waals surface area contributed by atoms with E-state index in [1.54, 1.807) is 23.1 Å². The van der Waals surface area contributed by atoms with Crippen LogP contribution in [0.1, 0.15) is 6.42 Å². The Kier molecular flexibility index (Phi) is 5.37. The second kappa shape index (κ2) is 7.67. The van der Waals surface area contributed by atoms with Crippen molar-refractivity contribution in [1.82, 2.24) is 20.5 Å². The number of aromatic amines is 1. The zero-order valence-electron chi connectivity index (χ0n) is 12.7. The normalized spacial score (nSPS) is 17.3. The van der Waals surface area contributed by atoms with E-state index in [1.807, 2.05) is 6.07 Å². The molecule has 1 aliphatic heterocycles. The topological polar surface area (TPSA) is 91.0 Å². The van der Waals surface area contributed by atoms with Crippen LogP contribution in [0.4, 0.5) is 5.69 Å². The van der Waals surface area contributed by atoms with Crippen LogP contribution >= 0.6 is 23.4 Å². The number of benzene rings is 1. The first-order chi connectivity index (χ1) is 11.6. The van der Waals surface area contributed by atoms with E-state index < -0.39 is 0 Å². The van der Waals surface area contributed by atoms with Crippen molar-refractivity contribution >= 4 is 40.9 Å². The van der Waals surface area contributed by atoms with Crippen molar-refractivity contribution in [3.05, 3.63) is 35.6 Å². The Morgan fingerprint density at radius 2 is 2.38 bits per heavy atom. The Bertz CT molecular complexity index is 724. The lowest BCUT2D eigenvalue weighted by Gasteiger charge is -2.17. The fraction of sp³-hybridized carbons (Fsp3) is 0.333. The fourth-order valence-corrected chi connectivity index (χ4v) is 3.33. The number of nitrogens with zero attached hydrogens (tertiary/aromatic N) is 3. The molecule has 2 amide bonds. The molecule has 1 atom stereocenters. The van der Waals surface area contributed by atoms with Gasteiger partial charge in [-0.3, -0.25) is 14.7 Å². The van der Waals surface area contributed by atoms with Crippen molar-refractivity contribution in [2.45, 2.75) is 11.6 Å². The minimum absolute atomic E-state index is 0.0616. The van der Waals surface area contributed by atoms with E-state index in [0.29, 0.717) is 29.0 Å². The van der Waals surface area contributed by atoms with Gasteiger partial charge in [-0.15, -0.1) is 0 Å². The van der Waals surface area contributed by atoms with Crippen molar-refractivity contribution in [2.75, 3.05) is 23.7 Å². The van der Waals surface area contributed by atoms with Crippen LogP contribution in [-0.4, -0.2) is 45.8 Å². The van der Waals surface area contributed by atoms with Crippen LogP contribution in [0, 0.1) is 5.92 Å².